The Hall–Kier alpha value is 0.810. The molecule has 0 aliphatic heterocycles. The standard InChI is InChI=1S/C6H19O27P7/c7-34(8,9)27-1-2(28-35(10,11)12)4(30-37(16,17)18)6(32-40(25,26)33-39(22,23)24)5(31-38(19,20)21)3(1)29-36(13,14)15/h1-6H,(H,25,26)(H2,7,8,9)(H2,10,11,12)(H2,13,14,15)(H2,16,17,18)(H2,19,20,21)(H2,22,23,24)/t1?,2-,3-,4-,5+,6?/m0/s1. The molecule has 1 aliphatic rings. The van der Waals surface area contributed by atoms with E-state index in [4.69, 9.17) is 9.79 Å². The topological polar surface area (TPSA) is 447 Å². The van der Waals surface area contributed by atoms with E-state index in [1.165, 1.54) is 0 Å². The molecule has 27 nitrogen and oxygen atoms in total. The lowest BCUT2D eigenvalue weighted by Gasteiger charge is -2.48. The predicted molar refractivity (Wildman–Crippen MR) is 112 cm³/mol. The van der Waals surface area contributed by atoms with Crippen LogP contribution in [0.2, 0.25) is 0 Å². The van der Waals surface area contributed by atoms with Gasteiger partial charge in [0, 0.05) is 0 Å². The molecule has 0 aromatic rings. The van der Waals surface area contributed by atoms with Crippen molar-refractivity contribution >= 4 is 54.8 Å². The van der Waals surface area contributed by atoms with Gasteiger partial charge in [0.1, 0.15) is 36.6 Å². The lowest BCUT2D eigenvalue weighted by molar-refractivity contribution is -0.201. The highest BCUT2D eigenvalue weighted by Crippen LogP contribution is 2.62. The van der Waals surface area contributed by atoms with Gasteiger partial charge in [-0.1, -0.05) is 0 Å². The van der Waals surface area contributed by atoms with E-state index in [9.17, 15) is 85.8 Å². The zero-order valence-electron chi connectivity index (χ0n) is 18.1. The molecular formula is C6H19O27P7. The van der Waals surface area contributed by atoms with Gasteiger partial charge in [-0.15, -0.1) is 0 Å². The van der Waals surface area contributed by atoms with Crippen LogP contribution in [0.15, 0.2) is 0 Å². The summed E-state index contributed by atoms with van der Waals surface area (Å²) in [6.45, 7) is 0. The monoisotopic (exact) mass is 740 g/mol. The van der Waals surface area contributed by atoms with E-state index >= 15 is 0 Å². The van der Waals surface area contributed by atoms with Gasteiger partial charge in [-0.2, -0.15) is 4.31 Å². The molecule has 1 aliphatic carbocycles. The summed E-state index contributed by atoms with van der Waals surface area (Å²) in [4.78, 5) is 119. The molecule has 13 N–H and O–H groups in total. The summed E-state index contributed by atoms with van der Waals surface area (Å²) in [7, 11) is -43.3. The van der Waals surface area contributed by atoms with Gasteiger partial charge in [-0.25, -0.2) is 32.0 Å². The Bertz CT molecular complexity index is 1160. The molecule has 1 fully saturated rings. The van der Waals surface area contributed by atoms with Crippen molar-refractivity contribution in [3.05, 3.63) is 0 Å². The summed E-state index contributed by atoms with van der Waals surface area (Å²) in [6.07, 6.45) is -19.9. The average molecular weight is 740 g/mol. The molecule has 1 rings (SSSR count). The molecule has 0 saturated heterocycles. The van der Waals surface area contributed by atoms with Gasteiger partial charge in [-0.05, 0) is 0 Å². The molecule has 7 atom stereocenters. The van der Waals surface area contributed by atoms with Gasteiger partial charge < -0.3 is 63.6 Å². The molecule has 240 valence electrons. The molecule has 0 heterocycles. The Morgan fingerprint density at radius 1 is 0.300 bits per heavy atom. The second kappa shape index (κ2) is 13.0. The van der Waals surface area contributed by atoms with Crippen LogP contribution in [0.1, 0.15) is 0 Å². The van der Waals surface area contributed by atoms with Crippen molar-refractivity contribution in [3.63, 3.8) is 0 Å². The maximum absolute atomic E-state index is 12.2. The normalized spacial score (nSPS) is 29.2. The Balaban J connectivity index is 4.13. The van der Waals surface area contributed by atoms with Gasteiger partial charge in [-0.3, -0.25) is 27.1 Å². The van der Waals surface area contributed by atoms with Gasteiger partial charge >= 0.3 is 54.8 Å². The molecule has 0 spiro atoms. The molecule has 0 amide bonds. The first-order valence-electron chi connectivity index (χ1n) is 8.75. The van der Waals surface area contributed by atoms with Crippen LogP contribution >= 0.6 is 54.8 Å². The summed E-state index contributed by atoms with van der Waals surface area (Å²) in [5.41, 5.74) is 0. The fraction of sp³-hybridized carbons (Fsp3) is 1.00. The minimum absolute atomic E-state index is 3.27. The second-order valence-corrected chi connectivity index (χ2v) is 15.7. The number of rotatable bonds is 14. The molecule has 1 saturated carbocycles. The lowest BCUT2D eigenvalue weighted by Crippen LogP contribution is -2.66. The van der Waals surface area contributed by atoms with Crippen molar-refractivity contribution in [2.24, 2.45) is 0 Å². The van der Waals surface area contributed by atoms with Crippen molar-refractivity contribution in [2.45, 2.75) is 36.6 Å². The van der Waals surface area contributed by atoms with Crippen molar-refractivity contribution in [1.82, 2.24) is 0 Å². The lowest BCUT2D eigenvalue weighted by atomic mass is 9.85. The van der Waals surface area contributed by atoms with Crippen molar-refractivity contribution in [2.75, 3.05) is 0 Å². The fourth-order valence-corrected chi connectivity index (χ4v) is 7.50. The number of hydrogen-bond acceptors (Lipinski definition) is 14. The van der Waals surface area contributed by atoms with Crippen LogP contribution in [0, 0.1) is 0 Å². The molecular weight excluding hydrogens is 721 g/mol. The third-order valence-electron chi connectivity index (χ3n) is 3.70. The van der Waals surface area contributed by atoms with E-state index in [1.54, 1.807) is 0 Å². The Kier molecular flexibility index (Phi) is 12.7. The maximum Gasteiger partial charge on any atom is 0.481 e. The second-order valence-electron chi connectivity index (χ2n) is 6.91. The molecule has 0 radical (unpaired) electrons. The van der Waals surface area contributed by atoms with Crippen LogP contribution in [0.25, 0.3) is 0 Å². The first-order chi connectivity index (χ1) is 17.3. The molecule has 0 aromatic heterocycles. The SMILES string of the molecule is O=P(O)(O)OC1[C@H](OP(=O)(O)O)[C@H](OP(=O)(O)O)C(OP(=O)(O)OP(=O)(O)O)[C@H](OP(=O)(O)O)[C@H]1OP(=O)(O)O. The Labute approximate surface area is 219 Å². The minimum Gasteiger partial charge on any atom is -0.303 e. The molecule has 0 bridgehead atoms. The zero-order chi connectivity index (χ0) is 31.9. The van der Waals surface area contributed by atoms with Gasteiger partial charge in [0.05, 0.1) is 0 Å². The van der Waals surface area contributed by atoms with Crippen molar-refractivity contribution < 1.29 is 127 Å². The van der Waals surface area contributed by atoms with Crippen LogP contribution < -0.4 is 0 Å². The summed E-state index contributed by atoms with van der Waals surface area (Å²) in [6, 6.07) is 0. The Morgan fingerprint density at radius 3 is 0.625 bits per heavy atom. The summed E-state index contributed by atoms with van der Waals surface area (Å²) >= 11 is 0. The van der Waals surface area contributed by atoms with E-state index in [2.05, 4.69) is 31.5 Å². The van der Waals surface area contributed by atoms with Crippen LogP contribution in [-0.2, 0) is 63.4 Å². The summed E-state index contributed by atoms with van der Waals surface area (Å²) < 4.78 is 109. The minimum atomic E-state index is -6.43. The molecule has 3 unspecified atom stereocenters. The van der Waals surface area contributed by atoms with E-state index in [1.807, 2.05) is 0 Å². The van der Waals surface area contributed by atoms with E-state index in [0.717, 1.165) is 0 Å². The van der Waals surface area contributed by atoms with Crippen LogP contribution in [-0.4, -0.2) is 100 Å². The largest absolute Gasteiger partial charge is 0.481 e. The molecule has 40 heavy (non-hydrogen) atoms. The average Bonchev–Trinajstić information content (AvgIpc) is 2.57. The summed E-state index contributed by atoms with van der Waals surface area (Å²) in [5.74, 6) is 0. The number of phosphoric ester groups is 6. The van der Waals surface area contributed by atoms with Crippen LogP contribution in [0.4, 0.5) is 0 Å². The summed E-state index contributed by atoms with van der Waals surface area (Å²) in [5, 5.41) is 0. The molecule has 0 aromatic carbocycles. The number of phosphoric acid groups is 7. The van der Waals surface area contributed by atoms with E-state index in [-0.39, 0.29) is 0 Å². The van der Waals surface area contributed by atoms with Gasteiger partial charge in [0.25, 0.3) is 0 Å². The smallest absolute Gasteiger partial charge is 0.303 e. The van der Waals surface area contributed by atoms with E-state index in [0.29, 0.717) is 0 Å². The van der Waals surface area contributed by atoms with Gasteiger partial charge in [0.2, 0.25) is 0 Å². The third-order valence-corrected chi connectivity index (χ3v) is 8.48. The number of hydrogen-bond donors (Lipinski definition) is 13. The highest BCUT2D eigenvalue weighted by molar-refractivity contribution is 7.60. The van der Waals surface area contributed by atoms with E-state index < -0.39 is 91.4 Å². The first-order valence-corrected chi connectivity index (χ1v) is 19.4. The third kappa shape index (κ3) is 15.0. The highest BCUT2D eigenvalue weighted by atomic mass is 31.3. The van der Waals surface area contributed by atoms with Crippen LogP contribution in [0.5, 0.6) is 0 Å². The zero-order valence-corrected chi connectivity index (χ0v) is 24.4. The maximum atomic E-state index is 12.2. The van der Waals surface area contributed by atoms with Crippen molar-refractivity contribution in [3.8, 4) is 0 Å². The van der Waals surface area contributed by atoms with Crippen LogP contribution in [0.3, 0.4) is 0 Å². The Morgan fingerprint density at radius 2 is 0.475 bits per heavy atom. The quantitative estimate of drug-likeness (QED) is 0.0788. The highest BCUT2D eigenvalue weighted by Gasteiger charge is 2.63. The van der Waals surface area contributed by atoms with Crippen molar-refractivity contribution in [1.29, 1.82) is 0 Å². The predicted octanol–water partition coefficient (Wildman–Crippen LogP) is -3.02. The van der Waals surface area contributed by atoms with Gasteiger partial charge in [0.15, 0.2) is 0 Å². The molecule has 34 heteroatoms. The fourth-order valence-electron chi connectivity index (χ4n) is 2.94. The first kappa shape index (κ1) is 38.8.